The number of aliphatic carboxylic acids is 1. The Kier molecular flexibility index (Phi) is 12.0. The lowest BCUT2D eigenvalue weighted by Gasteiger charge is -2.36. The maximum Gasteiger partial charge on any atom is 0.307 e. The van der Waals surface area contributed by atoms with Crippen LogP contribution < -0.4 is 10.8 Å². The van der Waals surface area contributed by atoms with Crippen LogP contribution in [0.2, 0.25) is 0 Å². The number of rotatable bonds is 12. The van der Waals surface area contributed by atoms with Crippen molar-refractivity contribution in [3.63, 3.8) is 0 Å². The molecule has 11 nitrogen and oxygen atoms in total. The largest absolute Gasteiger partial charge is 0.481 e. The van der Waals surface area contributed by atoms with Crippen LogP contribution in [0.4, 0.5) is 0 Å². The SMILES string of the molecule is O=C(O)C1CC([N+](=O)[O-])CCC1C(=O)NC1CCC(CC2CCC(NOCC3CCCCC3COO)CC2)CC1. The molecular weight excluding hydrogens is 518 g/mol. The van der Waals surface area contributed by atoms with Crippen molar-refractivity contribution >= 4 is 11.9 Å². The average molecular weight is 568 g/mol. The fourth-order valence-electron chi connectivity index (χ4n) is 7.86. The molecule has 0 saturated heterocycles. The summed E-state index contributed by atoms with van der Waals surface area (Å²) < 4.78 is 0. The van der Waals surface area contributed by atoms with Crippen LogP contribution in [0, 0.1) is 45.6 Å². The second kappa shape index (κ2) is 15.4. The minimum atomic E-state index is -1.11. The van der Waals surface area contributed by atoms with Gasteiger partial charge in [0.25, 0.3) is 0 Å². The van der Waals surface area contributed by atoms with Crippen LogP contribution >= 0.6 is 0 Å². The number of hydrogen-bond donors (Lipinski definition) is 4. The van der Waals surface area contributed by atoms with Gasteiger partial charge in [0.1, 0.15) is 0 Å². The second-order valence-electron chi connectivity index (χ2n) is 13.0. The zero-order valence-electron chi connectivity index (χ0n) is 23.7. The predicted octanol–water partition coefficient (Wildman–Crippen LogP) is 4.57. The van der Waals surface area contributed by atoms with Gasteiger partial charge in [0.05, 0.1) is 25.0 Å². The molecule has 0 aromatic heterocycles. The van der Waals surface area contributed by atoms with Crippen LogP contribution in [0.3, 0.4) is 0 Å². The van der Waals surface area contributed by atoms with Gasteiger partial charge in [-0.15, -0.1) is 0 Å². The minimum absolute atomic E-state index is 0.0659. The fourth-order valence-corrected chi connectivity index (χ4v) is 7.86. The summed E-state index contributed by atoms with van der Waals surface area (Å²) in [5.41, 5.74) is 3.31. The molecule has 0 heterocycles. The van der Waals surface area contributed by atoms with Gasteiger partial charge in [0.2, 0.25) is 11.9 Å². The number of carbonyl (C=O) groups is 2. The van der Waals surface area contributed by atoms with Crippen molar-refractivity contribution in [2.45, 2.75) is 121 Å². The fraction of sp³-hybridized carbons (Fsp3) is 0.931. The van der Waals surface area contributed by atoms with Crippen LogP contribution in [0.15, 0.2) is 0 Å². The number of hydrogen-bond acceptors (Lipinski definition) is 8. The Labute approximate surface area is 237 Å². The highest BCUT2D eigenvalue weighted by atomic mass is 17.1. The van der Waals surface area contributed by atoms with E-state index >= 15 is 0 Å². The first-order valence-electron chi connectivity index (χ1n) is 15.6. The molecule has 5 atom stereocenters. The van der Waals surface area contributed by atoms with Crippen LogP contribution in [-0.4, -0.2) is 58.5 Å². The Hall–Kier alpha value is -1.82. The maximum absolute atomic E-state index is 12.9. The maximum atomic E-state index is 12.9. The number of hydroxylamine groups is 1. The van der Waals surface area contributed by atoms with Crippen LogP contribution in [0.5, 0.6) is 0 Å². The van der Waals surface area contributed by atoms with Gasteiger partial charge in [0, 0.05) is 29.8 Å². The minimum Gasteiger partial charge on any atom is -0.481 e. The topological polar surface area (TPSA) is 160 Å². The first kappa shape index (κ1) is 31.1. The Morgan fingerprint density at radius 3 is 1.98 bits per heavy atom. The van der Waals surface area contributed by atoms with Crippen molar-refractivity contribution in [3.8, 4) is 0 Å². The van der Waals surface area contributed by atoms with E-state index < -0.39 is 28.8 Å². The Morgan fingerprint density at radius 1 is 0.800 bits per heavy atom. The molecule has 0 aromatic carbocycles. The first-order chi connectivity index (χ1) is 19.3. The molecule has 11 heteroatoms. The monoisotopic (exact) mass is 567 g/mol. The highest BCUT2D eigenvalue weighted by Gasteiger charge is 2.44. The van der Waals surface area contributed by atoms with E-state index in [1.54, 1.807) is 0 Å². The van der Waals surface area contributed by atoms with Gasteiger partial charge in [-0.3, -0.25) is 25.0 Å². The lowest BCUT2D eigenvalue weighted by molar-refractivity contribution is -0.528. The van der Waals surface area contributed by atoms with Crippen LogP contribution in [0.1, 0.15) is 103 Å². The molecule has 4 aliphatic rings. The Morgan fingerprint density at radius 2 is 1.40 bits per heavy atom. The van der Waals surface area contributed by atoms with Gasteiger partial charge < -0.3 is 15.3 Å². The standard InChI is InChI=1S/C29H49N3O8/c33-28(26-14-13-25(32(36)37)16-27(26)29(34)35)30-23-9-5-19(6-10-23)15-20-7-11-24(12-8-20)31-39-17-21-3-1-2-4-22(21)18-40-38/h19-27,31,38H,1-18H2,(H,30,33)(H,34,35). The molecule has 4 rings (SSSR count). The smallest absolute Gasteiger partial charge is 0.307 e. The third-order valence-electron chi connectivity index (χ3n) is 10.4. The Balaban J connectivity index is 1.10. The van der Waals surface area contributed by atoms with E-state index in [2.05, 4.69) is 15.7 Å². The van der Waals surface area contributed by atoms with E-state index in [4.69, 9.17) is 10.1 Å². The number of nitrogens with one attached hydrogen (secondary N) is 2. The third kappa shape index (κ3) is 8.84. The summed E-state index contributed by atoms with van der Waals surface area (Å²) in [6, 6.07) is -0.411. The first-order valence-corrected chi connectivity index (χ1v) is 15.6. The molecule has 0 aliphatic heterocycles. The summed E-state index contributed by atoms with van der Waals surface area (Å²) in [5, 5.41) is 32.6. The van der Waals surface area contributed by atoms with Gasteiger partial charge in [-0.2, -0.15) is 5.48 Å². The number of nitrogens with zero attached hydrogens (tertiary/aromatic N) is 1. The predicted molar refractivity (Wildman–Crippen MR) is 147 cm³/mol. The van der Waals surface area contributed by atoms with Crippen molar-refractivity contribution < 1.29 is 34.6 Å². The molecule has 4 aliphatic carbocycles. The van der Waals surface area contributed by atoms with E-state index in [1.165, 1.54) is 32.1 Å². The normalized spacial score (nSPS) is 37.0. The Bertz CT molecular complexity index is 826. The number of carbonyl (C=O) groups excluding carboxylic acids is 1. The van der Waals surface area contributed by atoms with Crippen molar-refractivity contribution in [1.29, 1.82) is 0 Å². The average Bonchev–Trinajstić information content (AvgIpc) is 2.95. The lowest BCUT2D eigenvalue weighted by atomic mass is 9.75. The summed E-state index contributed by atoms with van der Waals surface area (Å²) in [6.07, 6.45) is 14.9. The zero-order valence-corrected chi connectivity index (χ0v) is 23.7. The molecule has 0 bridgehead atoms. The van der Waals surface area contributed by atoms with Gasteiger partial charge in [0.15, 0.2) is 0 Å². The van der Waals surface area contributed by atoms with E-state index in [9.17, 15) is 24.8 Å². The number of carboxylic acid groups (broad SMARTS) is 1. The molecular formula is C29H49N3O8. The van der Waals surface area contributed by atoms with Crippen molar-refractivity contribution in [2.24, 2.45) is 35.5 Å². The summed E-state index contributed by atoms with van der Waals surface area (Å²) in [4.78, 5) is 45.7. The molecule has 4 fully saturated rings. The lowest BCUT2D eigenvalue weighted by Crippen LogP contribution is -2.47. The van der Waals surface area contributed by atoms with Crippen molar-refractivity contribution in [2.75, 3.05) is 13.2 Å². The molecule has 1 amide bonds. The van der Waals surface area contributed by atoms with Crippen LogP contribution in [0.25, 0.3) is 0 Å². The number of nitro groups is 1. The number of amides is 1. The summed E-state index contributed by atoms with van der Waals surface area (Å²) in [6.45, 7) is 1.07. The van der Waals surface area contributed by atoms with E-state index in [1.807, 2.05) is 0 Å². The molecule has 40 heavy (non-hydrogen) atoms. The van der Waals surface area contributed by atoms with E-state index in [-0.39, 0.29) is 31.2 Å². The zero-order chi connectivity index (χ0) is 28.5. The van der Waals surface area contributed by atoms with Gasteiger partial charge in [-0.1, -0.05) is 12.8 Å². The number of carboxylic acids is 1. The summed E-state index contributed by atoms with van der Waals surface area (Å²) in [5.74, 6) is -0.823. The summed E-state index contributed by atoms with van der Waals surface area (Å²) >= 11 is 0. The second-order valence-corrected chi connectivity index (χ2v) is 13.0. The highest BCUT2D eigenvalue weighted by molar-refractivity contribution is 5.85. The van der Waals surface area contributed by atoms with E-state index in [0.29, 0.717) is 37.0 Å². The summed E-state index contributed by atoms with van der Waals surface area (Å²) in [7, 11) is 0. The van der Waals surface area contributed by atoms with E-state index in [0.717, 1.165) is 57.3 Å². The quantitative estimate of drug-likeness (QED) is 0.150. The molecule has 228 valence electrons. The third-order valence-corrected chi connectivity index (χ3v) is 10.4. The van der Waals surface area contributed by atoms with Crippen LogP contribution in [-0.2, 0) is 19.3 Å². The molecule has 0 radical (unpaired) electrons. The van der Waals surface area contributed by atoms with Gasteiger partial charge >= 0.3 is 5.97 Å². The van der Waals surface area contributed by atoms with Gasteiger partial charge in [-0.25, -0.2) is 4.89 Å². The molecule has 0 spiro atoms. The molecule has 0 aromatic rings. The highest BCUT2D eigenvalue weighted by Crippen LogP contribution is 2.37. The molecule has 4 N–H and O–H groups in total. The van der Waals surface area contributed by atoms with Gasteiger partial charge in [-0.05, 0) is 101 Å². The van der Waals surface area contributed by atoms with Crippen molar-refractivity contribution in [1.82, 2.24) is 10.8 Å². The molecule has 4 saturated carbocycles. The van der Waals surface area contributed by atoms with Crippen molar-refractivity contribution in [3.05, 3.63) is 10.1 Å². The molecule has 5 unspecified atom stereocenters.